The maximum Gasteiger partial charge on any atom is 0.267 e. The fourth-order valence-electron chi connectivity index (χ4n) is 5.04. The molecule has 1 aliphatic heterocycles. The first-order chi connectivity index (χ1) is 15.8. The summed E-state index contributed by atoms with van der Waals surface area (Å²) in [6.07, 6.45) is 4.80. The molecule has 3 aliphatic rings. The zero-order chi connectivity index (χ0) is 23.3. The number of pyridine rings is 1. The van der Waals surface area contributed by atoms with Crippen LogP contribution in [0.2, 0.25) is 5.02 Å². The third kappa shape index (κ3) is 4.31. The average Bonchev–Trinajstić information content (AvgIpc) is 3.59. The summed E-state index contributed by atoms with van der Waals surface area (Å²) in [5.74, 6) is -0.493. The molecule has 0 unspecified atom stereocenters. The number of aliphatic hydroxyl groups excluding tert-OH is 1. The van der Waals surface area contributed by atoms with Crippen molar-refractivity contribution in [2.45, 2.75) is 63.0 Å². The maximum absolute atomic E-state index is 13.0. The van der Waals surface area contributed by atoms with Gasteiger partial charge in [0.05, 0.1) is 35.3 Å². The van der Waals surface area contributed by atoms with Gasteiger partial charge in [0.1, 0.15) is 5.69 Å². The molecule has 176 valence electrons. The number of halogens is 1. The third-order valence-corrected chi connectivity index (χ3v) is 7.51. The molecular weight excluding hydrogens is 446 g/mol. The van der Waals surface area contributed by atoms with E-state index in [0.29, 0.717) is 48.1 Å². The molecule has 0 aromatic carbocycles. The number of fused-ring (bicyclic) bond motifs is 1. The van der Waals surface area contributed by atoms with Crippen LogP contribution < -0.4 is 5.73 Å². The quantitative estimate of drug-likeness (QED) is 0.681. The standard InChI is InChI=1S/C23H28ClN5O4/c24-22-17(26-29-18(22)9-14(13-1-2-13)10-19(29)23(25)33)11-20(31)27-7-8-28(21(32)12-27)15-3-5-16(30)6-4-15/h9-10,13,15-16,30H,1-8,11-12H2,(H2,25,33). The van der Waals surface area contributed by atoms with Gasteiger partial charge in [-0.3, -0.25) is 14.4 Å². The van der Waals surface area contributed by atoms with Gasteiger partial charge in [-0.1, -0.05) is 11.6 Å². The van der Waals surface area contributed by atoms with E-state index < -0.39 is 5.91 Å². The Bertz CT molecular complexity index is 1120. The van der Waals surface area contributed by atoms with Crippen LogP contribution in [0.3, 0.4) is 0 Å². The molecule has 2 saturated carbocycles. The van der Waals surface area contributed by atoms with E-state index in [-0.39, 0.29) is 42.6 Å². The topological polar surface area (TPSA) is 121 Å². The second-order valence-corrected chi connectivity index (χ2v) is 9.79. The molecule has 3 N–H and O–H groups in total. The van der Waals surface area contributed by atoms with Crippen molar-refractivity contribution in [1.29, 1.82) is 0 Å². The van der Waals surface area contributed by atoms with Gasteiger partial charge in [0, 0.05) is 19.1 Å². The molecule has 2 aliphatic carbocycles. The minimum absolute atomic E-state index is 0.0290. The number of nitrogens with zero attached hydrogens (tertiary/aromatic N) is 4. The van der Waals surface area contributed by atoms with Gasteiger partial charge in [-0.05, 0) is 62.1 Å². The second-order valence-electron chi connectivity index (χ2n) is 9.41. The lowest BCUT2D eigenvalue weighted by molar-refractivity contribution is -0.147. The van der Waals surface area contributed by atoms with Crippen LogP contribution in [-0.4, -0.2) is 74.0 Å². The van der Waals surface area contributed by atoms with E-state index in [0.717, 1.165) is 31.2 Å². The first-order valence-electron chi connectivity index (χ1n) is 11.6. The molecule has 3 fully saturated rings. The Kier molecular flexibility index (Phi) is 5.78. The van der Waals surface area contributed by atoms with Crippen LogP contribution >= 0.6 is 11.6 Å². The van der Waals surface area contributed by atoms with E-state index in [1.54, 1.807) is 11.0 Å². The predicted octanol–water partition coefficient (Wildman–Crippen LogP) is 1.48. The molecule has 9 nitrogen and oxygen atoms in total. The molecule has 1 saturated heterocycles. The van der Waals surface area contributed by atoms with E-state index in [1.807, 2.05) is 11.0 Å². The highest BCUT2D eigenvalue weighted by Crippen LogP contribution is 2.41. The van der Waals surface area contributed by atoms with Crippen LogP contribution in [0.25, 0.3) is 5.52 Å². The Morgan fingerprint density at radius 1 is 1.12 bits per heavy atom. The van der Waals surface area contributed by atoms with Gasteiger partial charge in [-0.2, -0.15) is 5.10 Å². The molecule has 0 radical (unpaired) electrons. The number of hydrogen-bond donors (Lipinski definition) is 2. The van der Waals surface area contributed by atoms with Gasteiger partial charge in [0.15, 0.2) is 0 Å². The first kappa shape index (κ1) is 22.2. The summed E-state index contributed by atoms with van der Waals surface area (Å²) < 4.78 is 1.42. The largest absolute Gasteiger partial charge is 0.393 e. The summed E-state index contributed by atoms with van der Waals surface area (Å²) in [7, 11) is 0. The maximum atomic E-state index is 13.0. The van der Waals surface area contributed by atoms with E-state index in [2.05, 4.69) is 5.10 Å². The van der Waals surface area contributed by atoms with Gasteiger partial charge in [0.2, 0.25) is 11.8 Å². The molecular formula is C23H28ClN5O4. The van der Waals surface area contributed by atoms with Crippen molar-refractivity contribution < 1.29 is 19.5 Å². The number of rotatable bonds is 5. The number of carbonyl (C=O) groups excluding carboxylic acids is 3. The van der Waals surface area contributed by atoms with Gasteiger partial charge in [-0.25, -0.2) is 4.52 Å². The molecule has 0 atom stereocenters. The second kappa shape index (κ2) is 8.61. The highest BCUT2D eigenvalue weighted by molar-refractivity contribution is 6.34. The molecule has 0 bridgehead atoms. The highest BCUT2D eigenvalue weighted by atomic mass is 35.5. The Morgan fingerprint density at radius 3 is 2.48 bits per heavy atom. The minimum atomic E-state index is -0.600. The van der Waals surface area contributed by atoms with Crippen LogP contribution in [-0.2, 0) is 16.0 Å². The van der Waals surface area contributed by atoms with Crippen molar-refractivity contribution in [2.75, 3.05) is 19.6 Å². The molecule has 10 heteroatoms. The lowest BCUT2D eigenvalue weighted by Crippen LogP contribution is -2.56. The number of aromatic nitrogens is 2. The number of nitrogens with two attached hydrogens (primary N) is 1. The molecule has 2 aromatic rings. The lowest BCUT2D eigenvalue weighted by atomic mass is 9.91. The summed E-state index contributed by atoms with van der Waals surface area (Å²) in [6, 6.07) is 3.81. The molecule has 0 spiro atoms. The van der Waals surface area contributed by atoms with Crippen LogP contribution in [0.4, 0.5) is 0 Å². The van der Waals surface area contributed by atoms with Crippen molar-refractivity contribution in [2.24, 2.45) is 5.73 Å². The predicted molar refractivity (Wildman–Crippen MR) is 121 cm³/mol. The highest BCUT2D eigenvalue weighted by Gasteiger charge is 2.34. The number of amides is 3. The zero-order valence-electron chi connectivity index (χ0n) is 18.4. The van der Waals surface area contributed by atoms with Crippen molar-refractivity contribution in [3.05, 3.63) is 34.1 Å². The minimum Gasteiger partial charge on any atom is -0.393 e. The molecule has 3 heterocycles. The van der Waals surface area contributed by atoms with E-state index in [1.165, 1.54) is 4.52 Å². The van der Waals surface area contributed by atoms with Gasteiger partial charge in [-0.15, -0.1) is 0 Å². The first-order valence-corrected chi connectivity index (χ1v) is 12.0. The number of carbonyl (C=O) groups is 3. The average molecular weight is 474 g/mol. The monoisotopic (exact) mass is 473 g/mol. The van der Waals surface area contributed by atoms with Crippen molar-refractivity contribution in [3.8, 4) is 0 Å². The summed E-state index contributed by atoms with van der Waals surface area (Å²) in [6.45, 7) is 0.967. The molecule has 5 rings (SSSR count). The van der Waals surface area contributed by atoms with Gasteiger partial charge < -0.3 is 20.6 Å². The van der Waals surface area contributed by atoms with Crippen LogP contribution in [0, 0.1) is 0 Å². The number of aliphatic hydroxyl groups is 1. The van der Waals surface area contributed by atoms with E-state index in [9.17, 15) is 19.5 Å². The SMILES string of the molecule is NC(=O)c1cc(C2CC2)cc2c(Cl)c(CC(=O)N3CCN(C4CCC(O)CC4)C(=O)C3)nn12. The smallest absolute Gasteiger partial charge is 0.267 e. The Morgan fingerprint density at radius 2 is 1.85 bits per heavy atom. The Hall–Kier alpha value is -2.65. The Balaban J connectivity index is 1.30. The summed E-state index contributed by atoms with van der Waals surface area (Å²) in [5.41, 5.74) is 7.76. The van der Waals surface area contributed by atoms with Crippen LogP contribution in [0.15, 0.2) is 12.1 Å². The number of piperazine rings is 1. The van der Waals surface area contributed by atoms with E-state index in [4.69, 9.17) is 17.3 Å². The number of hydrogen-bond acceptors (Lipinski definition) is 5. The summed E-state index contributed by atoms with van der Waals surface area (Å²) in [5, 5.41) is 14.5. The van der Waals surface area contributed by atoms with Crippen molar-refractivity contribution in [3.63, 3.8) is 0 Å². The van der Waals surface area contributed by atoms with E-state index >= 15 is 0 Å². The molecule has 3 amide bonds. The van der Waals surface area contributed by atoms with Gasteiger partial charge in [0.25, 0.3) is 5.91 Å². The van der Waals surface area contributed by atoms with Crippen molar-refractivity contribution >= 4 is 34.8 Å². The third-order valence-electron chi connectivity index (χ3n) is 7.10. The fraction of sp³-hybridized carbons (Fsp3) is 0.565. The number of primary amides is 1. The van der Waals surface area contributed by atoms with Crippen LogP contribution in [0.5, 0.6) is 0 Å². The summed E-state index contributed by atoms with van der Waals surface area (Å²) >= 11 is 6.58. The van der Waals surface area contributed by atoms with Crippen molar-refractivity contribution in [1.82, 2.24) is 19.4 Å². The normalized spacial score (nSPS) is 23.9. The lowest BCUT2D eigenvalue weighted by Gasteiger charge is -2.41. The zero-order valence-corrected chi connectivity index (χ0v) is 19.1. The molecule has 33 heavy (non-hydrogen) atoms. The van der Waals surface area contributed by atoms with Crippen LogP contribution in [0.1, 0.15) is 66.2 Å². The molecule has 2 aromatic heterocycles. The summed E-state index contributed by atoms with van der Waals surface area (Å²) in [4.78, 5) is 41.1. The Labute approximate surface area is 196 Å². The fourth-order valence-corrected chi connectivity index (χ4v) is 5.28. The van der Waals surface area contributed by atoms with Gasteiger partial charge >= 0.3 is 0 Å².